The minimum absolute atomic E-state index is 0.173. The lowest BCUT2D eigenvalue weighted by Gasteiger charge is -2.33. The van der Waals surface area contributed by atoms with Gasteiger partial charge < -0.3 is 14.7 Å². The Kier molecular flexibility index (Phi) is 5.81. The minimum atomic E-state index is -0.173. The van der Waals surface area contributed by atoms with E-state index in [-0.39, 0.29) is 5.91 Å². The summed E-state index contributed by atoms with van der Waals surface area (Å²) in [5, 5.41) is 7.68. The summed E-state index contributed by atoms with van der Waals surface area (Å²) in [6.07, 6.45) is 5.73. The maximum absolute atomic E-state index is 12.9. The average Bonchev–Trinajstić information content (AvgIpc) is 3.14. The molecular formula is C22H23ClN4O2. The fourth-order valence-electron chi connectivity index (χ4n) is 3.74. The van der Waals surface area contributed by atoms with Gasteiger partial charge in [-0.25, -0.2) is 0 Å². The third-order valence-electron chi connectivity index (χ3n) is 5.40. The van der Waals surface area contributed by atoms with Crippen LogP contribution in [0.1, 0.15) is 29.0 Å². The van der Waals surface area contributed by atoms with E-state index in [0.29, 0.717) is 40.1 Å². The second-order valence-electron chi connectivity index (χ2n) is 7.29. The molecule has 4 rings (SSSR count). The van der Waals surface area contributed by atoms with Crippen LogP contribution in [-0.2, 0) is 0 Å². The van der Waals surface area contributed by atoms with E-state index in [0.717, 1.165) is 31.6 Å². The number of hydrogen-bond acceptors (Lipinski definition) is 5. The molecule has 150 valence electrons. The largest absolute Gasteiger partial charge is 0.370 e. The molecule has 0 saturated carbocycles. The van der Waals surface area contributed by atoms with Gasteiger partial charge >= 0.3 is 0 Å². The molecule has 6 nitrogen and oxygen atoms in total. The number of anilines is 1. The van der Waals surface area contributed by atoms with Gasteiger partial charge in [0.15, 0.2) is 0 Å². The number of rotatable bonds is 5. The number of carbonyl (C=O) groups is 1. The first kappa shape index (κ1) is 19.5. The number of nitrogens with zero attached hydrogens (tertiary/aromatic N) is 3. The van der Waals surface area contributed by atoms with Gasteiger partial charge in [0.2, 0.25) is 0 Å². The first-order valence-electron chi connectivity index (χ1n) is 9.78. The van der Waals surface area contributed by atoms with Gasteiger partial charge in [0.1, 0.15) is 17.0 Å². The Morgan fingerprint density at radius 1 is 1.24 bits per heavy atom. The summed E-state index contributed by atoms with van der Waals surface area (Å²) in [6.45, 7) is 4.30. The Balaban J connectivity index is 1.38. The number of aromatic nitrogens is 2. The Morgan fingerprint density at radius 3 is 2.76 bits per heavy atom. The predicted molar refractivity (Wildman–Crippen MR) is 113 cm³/mol. The number of pyridine rings is 1. The molecule has 0 radical (unpaired) electrons. The van der Waals surface area contributed by atoms with E-state index in [4.69, 9.17) is 16.1 Å². The number of halogens is 1. The molecule has 1 aliphatic rings. The van der Waals surface area contributed by atoms with E-state index in [9.17, 15) is 4.79 Å². The van der Waals surface area contributed by atoms with Crippen molar-refractivity contribution in [2.24, 2.45) is 5.92 Å². The van der Waals surface area contributed by atoms with Crippen molar-refractivity contribution in [3.05, 3.63) is 65.1 Å². The van der Waals surface area contributed by atoms with Crippen molar-refractivity contribution in [3.8, 4) is 11.3 Å². The van der Waals surface area contributed by atoms with Gasteiger partial charge in [-0.1, -0.05) is 35.0 Å². The zero-order valence-corrected chi connectivity index (χ0v) is 17.0. The molecule has 0 aliphatic carbocycles. The van der Waals surface area contributed by atoms with Gasteiger partial charge in [-0.2, -0.15) is 0 Å². The van der Waals surface area contributed by atoms with Crippen LogP contribution in [0.5, 0.6) is 0 Å². The summed E-state index contributed by atoms with van der Waals surface area (Å²) in [5.74, 6) is 0.757. The Bertz CT molecular complexity index is 981. The summed E-state index contributed by atoms with van der Waals surface area (Å²) < 4.78 is 5.30. The third-order valence-corrected chi connectivity index (χ3v) is 5.73. The van der Waals surface area contributed by atoms with Crippen LogP contribution in [-0.4, -0.2) is 35.7 Å². The summed E-state index contributed by atoms with van der Waals surface area (Å²) in [4.78, 5) is 19.4. The summed E-state index contributed by atoms with van der Waals surface area (Å²) in [5.41, 5.74) is 2.78. The van der Waals surface area contributed by atoms with Crippen molar-refractivity contribution in [2.45, 2.75) is 19.8 Å². The fraction of sp³-hybridized carbons (Fsp3) is 0.318. The van der Waals surface area contributed by atoms with Crippen molar-refractivity contribution in [1.82, 2.24) is 15.5 Å². The van der Waals surface area contributed by atoms with Gasteiger partial charge in [0.05, 0.1) is 16.9 Å². The van der Waals surface area contributed by atoms with E-state index in [1.54, 1.807) is 19.2 Å². The quantitative estimate of drug-likeness (QED) is 0.677. The van der Waals surface area contributed by atoms with Crippen molar-refractivity contribution < 1.29 is 9.32 Å². The van der Waals surface area contributed by atoms with E-state index in [2.05, 4.69) is 26.4 Å². The highest BCUT2D eigenvalue weighted by atomic mass is 35.5. The summed E-state index contributed by atoms with van der Waals surface area (Å²) in [7, 11) is 0. The zero-order valence-electron chi connectivity index (χ0n) is 16.3. The molecular weight excluding hydrogens is 388 g/mol. The average molecular weight is 411 g/mol. The third kappa shape index (κ3) is 4.27. The molecule has 0 unspecified atom stereocenters. The SMILES string of the molecule is Cc1onc(-c2ccccc2Cl)c1C(=O)NCC1CCN(c2cccnc2)CC1. The molecule has 2 aromatic heterocycles. The minimum Gasteiger partial charge on any atom is -0.370 e. The second-order valence-corrected chi connectivity index (χ2v) is 7.70. The molecule has 1 amide bonds. The summed E-state index contributed by atoms with van der Waals surface area (Å²) in [6, 6.07) is 11.4. The number of piperidine rings is 1. The first-order valence-corrected chi connectivity index (χ1v) is 10.2. The standard InChI is InChI=1S/C22H23ClN4O2/c1-15-20(21(26-29-15)18-6-2-3-7-19(18)23)22(28)25-13-16-8-11-27(12-9-16)17-5-4-10-24-14-17/h2-7,10,14,16H,8-9,11-13H2,1H3,(H,25,28). The molecule has 1 N–H and O–H groups in total. The van der Waals surface area contributed by atoms with Gasteiger partial charge in [-0.05, 0) is 43.9 Å². The molecule has 0 spiro atoms. The van der Waals surface area contributed by atoms with Crippen molar-refractivity contribution in [3.63, 3.8) is 0 Å². The topological polar surface area (TPSA) is 71.3 Å². The van der Waals surface area contributed by atoms with Crippen molar-refractivity contribution >= 4 is 23.2 Å². The van der Waals surface area contributed by atoms with Crippen molar-refractivity contribution in [2.75, 3.05) is 24.5 Å². The van der Waals surface area contributed by atoms with Gasteiger partial charge in [-0.15, -0.1) is 0 Å². The second kappa shape index (κ2) is 8.66. The molecule has 29 heavy (non-hydrogen) atoms. The van der Waals surface area contributed by atoms with Gasteiger partial charge in [0, 0.05) is 31.4 Å². The smallest absolute Gasteiger partial charge is 0.257 e. The molecule has 1 aliphatic heterocycles. The van der Waals surface area contributed by atoms with Crippen molar-refractivity contribution in [1.29, 1.82) is 0 Å². The molecule has 0 bridgehead atoms. The lowest BCUT2D eigenvalue weighted by atomic mass is 9.96. The predicted octanol–water partition coefficient (Wildman–Crippen LogP) is 4.34. The van der Waals surface area contributed by atoms with E-state index in [1.165, 1.54) is 0 Å². The van der Waals surface area contributed by atoms with Gasteiger partial charge in [-0.3, -0.25) is 9.78 Å². The molecule has 1 saturated heterocycles. The highest BCUT2D eigenvalue weighted by Gasteiger charge is 2.25. The number of nitrogens with one attached hydrogen (secondary N) is 1. The number of benzene rings is 1. The first-order chi connectivity index (χ1) is 14.1. The number of aryl methyl sites for hydroxylation is 1. The fourth-order valence-corrected chi connectivity index (χ4v) is 3.96. The molecule has 1 fully saturated rings. The van der Waals surface area contributed by atoms with Crippen LogP contribution in [0.3, 0.4) is 0 Å². The van der Waals surface area contributed by atoms with E-state index in [1.807, 2.05) is 30.5 Å². The highest BCUT2D eigenvalue weighted by Crippen LogP contribution is 2.31. The molecule has 1 aromatic carbocycles. The van der Waals surface area contributed by atoms with Crippen LogP contribution in [0, 0.1) is 12.8 Å². The number of amides is 1. The van der Waals surface area contributed by atoms with Gasteiger partial charge in [0.25, 0.3) is 5.91 Å². The highest BCUT2D eigenvalue weighted by molar-refractivity contribution is 6.33. The Labute approximate surface area is 174 Å². The lowest BCUT2D eigenvalue weighted by Crippen LogP contribution is -2.38. The van der Waals surface area contributed by atoms with Crippen LogP contribution in [0.2, 0.25) is 5.02 Å². The van der Waals surface area contributed by atoms with Crippen LogP contribution in [0.4, 0.5) is 5.69 Å². The Morgan fingerprint density at radius 2 is 2.03 bits per heavy atom. The molecule has 0 atom stereocenters. The maximum Gasteiger partial charge on any atom is 0.257 e. The molecule has 3 aromatic rings. The number of hydrogen-bond donors (Lipinski definition) is 1. The normalized spacial score (nSPS) is 14.8. The Hall–Kier alpha value is -2.86. The molecule has 3 heterocycles. The van der Waals surface area contributed by atoms with Crippen LogP contribution in [0.25, 0.3) is 11.3 Å². The van der Waals surface area contributed by atoms with Crippen LogP contribution >= 0.6 is 11.6 Å². The monoisotopic (exact) mass is 410 g/mol. The lowest BCUT2D eigenvalue weighted by molar-refractivity contribution is 0.0944. The van der Waals surface area contributed by atoms with Crippen LogP contribution < -0.4 is 10.2 Å². The number of carbonyl (C=O) groups excluding carboxylic acids is 1. The zero-order chi connectivity index (χ0) is 20.2. The van der Waals surface area contributed by atoms with Crippen LogP contribution in [0.15, 0.2) is 53.3 Å². The van der Waals surface area contributed by atoms with E-state index < -0.39 is 0 Å². The van der Waals surface area contributed by atoms with E-state index >= 15 is 0 Å². The summed E-state index contributed by atoms with van der Waals surface area (Å²) >= 11 is 6.29. The molecule has 7 heteroatoms. The maximum atomic E-state index is 12.9.